The zero-order valence-electron chi connectivity index (χ0n) is 11.7. The summed E-state index contributed by atoms with van der Waals surface area (Å²) in [4.78, 5) is 3.78. The van der Waals surface area contributed by atoms with Gasteiger partial charge in [0.05, 0.1) is 5.60 Å². The Morgan fingerprint density at radius 2 is 1.75 bits per heavy atom. The van der Waals surface area contributed by atoms with E-state index in [9.17, 15) is 18.3 Å². The van der Waals surface area contributed by atoms with Crippen LogP contribution in [0.1, 0.15) is 32.3 Å². The van der Waals surface area contributed by atoms with Crippen LogP contribution in [0.25, 0.3) is 0 Å². The van der Waals surface area contributed by atoms with Crippen LogP contribution in [0, 0.1) is 0 Å². The molecule has 0 aliphatic carbocycles. The smallest absolute Gasteiger partial charge is 0.389 e. The van der Waals surface area contributed by atoms with Gasteiger partial charge in [-0.25, -0.2) is 0 Å². The van der Waals surface area contributed by atoms with Gasteiger partial charge in [0.15, 0.2) is 0 Å². The van der Waals surface area contributed by atoms with Crippen LogP contribution in [0.3, 0.4) is 0 Å². The zero-order chi connectivity index (χ0) is 15.2. The summed E-state index contributed by atoms with van der Waals surface area (Å²) in [6, 6.07) is 1.45. The number of pyridine rings is 1. The number of aliphatic hydroxyl groups is 1. The topological polar surface area (TPSA) is 45.1 Å². The van der Waals surface area contributed by atoms with E-state index in [0.717, 1.165) is 0 Å². The Morgan fingerprint density at radius 1 is 1.20 bits per heavy atom. The predicted octanol–water partition coefficient (Wildman–Crippen LogP) is 2.70. The van der Waals surface area contributed by atoms with Crippen molar-refractivity contribution in [2.75, 3.05) is 6.54 Å². The van der Waals surface area contributed by atoms with E-state index in [4.69, 9.17) is 0 Å². The monoisotopic (exact) mass is 290 g/mol. The van der Waals surface area contributed by atoms with E-state index in [1.54, 1.807) is 26.0 Å². The normalized spacial score (nSPS) is 14.3. The molecule has 0 spiro atoms. The molecule has 114 valence electrons. The molecule has 1 unspecified atom stereocenters. The standard InChI is InChI=1S/C14H21F3N2O/c1-3-13(20,4-2)10-19-12(14(15,16)17)9-11-5-7-18-8-6-11/h5-8,12,19-20H,3-4,9-10H2,1-2H3. The first-order chi connectivity index (χ1) is 9.30. The fourth-order valence-corrected chi connectivity index (χ4v) is 1.87. The second-order valence-electron chi connectivity index (χ2n) is 4.97. The fourth-order valence-electron chi connectivity index (χ4n) is 1.87. The van der Waals surface area contributed by atoms with E-state index in [2.05, 4.69) is 10.3 Å². The SMILES string of the molecule is CCC(O)(CC)CNC(Cc1ccncc1)C(F)(F)F. The van der Waals surface area contributed by atoms with Gasteiger partial charge >= 0.3 is 6.18 Å². The molecule has 1 aromatic rings. The number of hydrogen-bond acceptors (Lipinski definition) is 3. The minimum absolute atomic E-state index is 0.0741. The molecular formula is C14H21F3N2O. The molecule has 0 fully saturated rings. The molecule has 20 heavy (non-hydrogen) atoms. The zero-order valence-corrected chi connectivity index (χ0v) is 11.7. The van der Waals surface area contributed by atoms with E-state index in [-0.39, 0.29) is 13.0 Å². The quantitative estimate of drug-likeness (QED) is 0.811. The summed E-state index contributed by atoms with van der Waals surface area (Å²) >= 11 is 0. The Kier molecular flexibility index (Phi) is 5.95. The maximum atomic E-state index is 13.0. The van der Waals surface area contributed by atoms with E-state index in [0.29, 0.717) is 18.4 Å². The van der Waals surface area contributed by atoms with Gasteiger partial charge < -0.3 is 10.4 Å². The molecule has 0 aromatic carbocycles. The van der Waals surface area contributed by atoms with Crippen LogP contribution < -0.4 is 5.32 Å². The number of alkyl halides is 3. The highest BCUT2D eigenvalue weighted by Crippen LogP contribution is 2.24. The first-order valence-corrected chi connectivity index (χ1v) is 6.72. The van der Waals surface area contributed by atoms with E-state index >= 15 is 0 Å². The first kappa shape index (κ1) is 16.9. The van der Waals surface area contributed by atoms with Crippen molar-refractivity contribution in [3.63, 3.8) is 0 Å². The van der Waals surface area contributed by atoms with Crippen molar-refractivity contribution in [3.05, 3.63) is 30.1 Å². The maximum absolute atomic E-state index is 13.0. The molecule has 0 saturated heterocycles. The summed E-state index contributed by atoms with van der Waals surface area (Å²) in [5, 5.41) is 12.5. The van der Waals surface area contributed by atoms with Crippen LogP contribution in [-0.2, 0) is 6.42 Å². The number of rotatable bonds is 7. The van der Waals surface area contributed by atoms with Crippen LogP contribution in [0.15, 0.2) is 24.5 Å². The van der Waals surface area contributed by atoms with Gasteiger partial charge in [0.2, 0.25) is 0 Å². The molecule has 1 aromatic heterocycles. The molecule has 0 saturated carbocycles. The van der Waals surface area contributed by atoms with Gasteiger partial charge in [0.1, 0.15) is 6.04 Å². The average Bonchev–Trinajstić information content (AvgIpc) is 2.43. The molecule has 1 rings (SSSR count). The lowest BCUT2D eigenvalue weighted by molar-refractivity contribution is -0.158. The van der Waals surface area contributed by atoms with Crippen LogP contribution in [0.2, 0.25) is 0 Å². The van der Waals surface area contributed by atoms with Gasteiger partial charge in [0.25, 0.3) is 0 Å². The summed E-state index contributed by atoms with van der Waals surface area (Å²) in [6.45, 7) is 3.45. The number of hydrogen-bond donors (Lipinski definition) is 2. The van der Waals surface area contributed by atoms with Crippen LogP contribution >= 0.6 is 0 Å². The average molecular weight is 290 g/mol. The summed E-state index contributed by atoms with van der Waals surface area (Å²) in [5.41, 5.74) is -0.534. The number of nitrogens with one attached hydrogen (secondary N) is 1. The molecule has 2 N–H and O–H groups in total. The maximum Gasteiger partial charge on any atom is 0.404 e. The third-order valence-electron chi connectivity index (χ3n) is 3.58. The predicted molar refractivity (Wildman–Crippen MR) is 71.3 cm³/mol. The van der Waals surface area contributed by atoms with Gasteiger partial charge in [-0.3, -0.25) is 4.98 Å². The lowest BCUT2D eigenvalue weighted by atomic mass is 9.96. The van der Waals surface area contributed by atoms with Crippen molar-refractivity contribution in [2.24, 2.45) is 0 Å². The molecule has 3 nitrogen and oxygen atoms in total. The molecule has 0 bridgehead atoms. The van der Waals surface area contributed by atoms with E-state index in [1.807, 2.05) is 0 Å². The minimum atomic E-state index is -4.36. The molecule has 1 heterocycles. The van der Waals surface area contributed by atoms with Crippen molar-refractivity contribution in [1.82, 2.24) is 10.3 Å². The molecule has 1 atom stereocenters. The van der Waals surface area contributed by atoms with Gasteiger partial charge in [-0.2, -0.15) is 13.2 Å². The second-order valence-corrected chi connectivity index (χ2v) is 4.97. The number of aromatic nitrogens is 1. The molecule has 0 radical (unpaired) electrons. The van der Waals surface area contributed by atoms with Crippen molar-refractivity contribution in [1.29, 1.82) is 0 Å². The third kappa shape index (κ3) is 5.09. The highest BCUT2D eigenvalue weighted by Gasteiger charge is 2.40. The summed E-state index contributed by atoms with van der Waals surface area (Å²) in [5.74, 6) is 0. The minimum Gasteiger partial charge on any atom is -0.389 e. The molecule has 0 aliphatic rings. The van der Waals surface area contributed by atoms with Crippen LogP contribution in [0.5, 0.6) is 0 Å². The first-order valence-electron chi connectivity index (χ1n) is 6.72. The number of halogens is 3. The molecule has 0 aliphatic heterocycles. The van der Waals surface area contributed by atoms with Crippen LogP contribution in [0.4, 0.5) is 13.2 Å². The summed E-state index contributed by atoms with van der Waals surface area (Å²) in [7, 11) is 0. The Labute approximate surface area is 117 Å². The van der Waals surface area contributed by atoms with Gasteiger partial charge in [-0.15, -0.1) is 0 Å². The van der Waals surface area contributed by atoms with Gasteiger partial charge in [0, 0.05) is 18.9 Å². The van der Waals surface area contributed by atoms with Crippen molar-refractivity contribution >= 4 is 0 Å². The largest absolute Gasteiger partial charge is 0.404 e. The fraction of sp³-hybridized carbons (Fsp3) is 0.643. The Balaban J connectivity index is 2.71. The molecule has 0 amide bonds. The lowest BCUT2D eigenvalue weighted by Gasteiger charge is -2.29. The summed E-state index contributed by atoms with van der Waals surface area (Å²) in [6.07, 6.45) is -0.762. The van der Waals surface area contributed by atoms with Crippen LogP contribution in [-0.4, -0.2) is 34.5 Å². The Morgan fingerprint density at radius 3 is 2.20 bits per heavy atom. The summed E-state index contributed by atoms with van der Waals surface area (Å²) < 4.78 is 39.1. The van der Waals surface area contributed by atoms with E-state index < -0.39 is 17.8 Å². The Hall–Kier alpha value is -1.14. The molecule has 6 heteroatoms. The number of nitrogens with zero attached hydrogens (tertiary/aromatic N) is 1. The molecular weight excluding hydrogens is 269 g/mol. The highest BCUT2D eigenvalue weighted by atomic mass is 19.4. The van der Waals surface area contributed by atoms with Crippen molar-refractivity contribution in [3.8, 4) is 0 Å². The van der Waals surface area contributed by atoms with Crippen molar-refractivity contribution < 1.29 is 18.3 Å². The van der Waals surface area contributed by atoms with E-state index in [1.165, 1.54) is 12.4 Å². The Bertz CT molecular complexity index is 391. The second kappa shape index (κ2) is 7.04. The van der Waals surface area contributed by atoms with Gasteiger partial charge in [-0.05, 0) is 37.0 Å². The highest BCUT2D eigenvalue weighted by molar-refractivity contribution is 5.12. The van der Waals surface area contributed by atoms with Gasteiger partial charge in [-0.1, -0.05) is 13.8 Å². The van der Waals surface area contributed by atoms with Crippen molar-refractivity contribution in [2.45, 2.75) is 50.9 Å². The third-order valence-corrected chi connectivity index (χ3v) is 3.58. The lowest BCUT2D eigenvalue weighted by Crippen LogP contribution is -2.50.